The standard InChI is InChI=1S/C15H10N2O3/c18-14-6-3-11(15(19)20)9-17(14)12-4-5-13-10(8-12)2-1-7-16-13/h1-9H,(H,19,20). The molecule has 20 heavy (non-hydrogen) atoms. The van der Waals surface area contributed by atoms with Crippen LogP contribution in [0, 0.1) is 0 Å². The van der Waals surface area contributed by atoms with E-state index in [9.17, 15) is 9.59 Å². The van der Waals surface area contributed by atoms with Crippen molar-refractivity contribution in [2.45, 2.75) is 0 Å². The lowest BCUT2D eigenvalue weighted by Crippen LogP contribution is -2.18. The summed E-state index contributed by atoms with van der Waals surface area (Å²) in [6.07, 6.45) is 3.02. The lowest BCUT2D eigenvalue weighted by molar-refractivity contribution is 0.0696. The van der Waals surface area contributed by atoms with Crippen molar-refractivity contribution in [3.8, 4) is 5.69 Å². The average Bonchev–Trinajstić information content (AvgIpc) is 2.47. The zero-order valence-electron chi connectivity index (χ0n) is 10.4. The van der Waals surface area contributed by atoms with Gasteiger partial charge in [0.2, 0.25) is 0 Å². The number of carboxylic acid groups (broad SMARTS) is 1. The molecule has 0 bridgehead atoms. The maximum absolute atomic E-state index is 11.9. The van der Waals surface area contributed by atoms with Crippen LogP contribution in [0.25, 0.3) is 16.6 Å². The normalized spacial score (nSPS) is 10.6. The van der Waals surface area contributed by atoms with Crippen LogP contribution in [0.15, 0.2) is 59.7 Å². The second-order valence-corrected chi connectivity index (χ2v) is 4.31. The number of hydrogen-bond acceptors (Lipinski definition) is 3. The third-order valence-electron chi connectivity index (χ3n) is 3.02. The van der Waals surface area contributed by atoms with Crippen LogP contribution in [-0.4, -0.2) is 20.6 Å². The molecule has 0 radical (unpaired) electrons. The first-order valence-corrected chi connectivity index (χ1v) is 5.96. The van der Waals surface area contributed by atoms with E-state index in [4.69, 9.17) is 5.11 Å². The fourth-order valence-electron chi connectivity index (χ4n) is 2.03. The van der Waals surface area contributed by atoms with Crippen molar-refractivity contribution >= 4 is 16.9 Å². The van der Waals surface area contributed by atoms with Gasteiger partial charge in [-0.15, -0.1) is 0 Å². The smallest absolute Gasteiger partial charge is 0.337 e. The van der Waals surface area contributed by atoms with Crippen LogP contribution in [0.5, 0.6) is 0 Å². The molecule has 1 aromatic carbocycles. The van der Waals surface area contributed by atoms with E-state index >= 15 is 0 Å². The lowest BCUT2D eigenvalue weighted by atomic mass is 10.2. The number of aromatic carboxylic acids is 1. The fourth-order valence-corrected chi connectivity index (χ4v) is 2.03. The maximum Gasteiger partial charge on any atom is 0.337 e. The van der Waals surface area contributed by atoms with Gasteiger partial charge in [0.15, 0.2) is 0 Å². The second-order valence-electron chi connectivity index (χ2n) is 4.31. The average molecular weight is 266 g/mol. The molecule has 0 saturated carbocycles. The zero-order chi connectivity index (χ0) is 14.1. The molecular weight excluding hydrogens is 256 g/mol. The molecule has 0 amide bonds. The molecular formula is C15H10N2O3. The summed E-state index contributed by atoms with van der Waals surface area (Å²) >= 11 is 0. The quantitative estimate of drug-likeness (QED) is 0.770. The number of hydrogen-bond donors (Lipinski definition) is 1. The van der Waals surface area contributed by atoms with E-state index in [0.717, 1.165) is 10.9 Å². The van der Waals surface area contributed by atoms with Gasteiger partial charge in [0.1, 0.15) is 0 Å². The highest BCUT2D eigenvalue weighted by molar-refractivity contribution is 5.87. The summed E-state index contributed by atoms with van der Waals surface area (Å²) in [5, 5.41) is 9.88. The number of benzene rings is 1. The predicted molar refractivity (Wildman–Crippen MR) is 74.3 cm³/mol. The Morgan fingerprint density at radius 1 is 1.15 bits per heavy atom. The Kier molecular flexibility index (Phi) is 2.80. The molecule has 0 unspecified atom stereocenters. The first kappa shape index (κ1) is 12.1. The number of aromatic nitrogens is 2. The predicted octanol–water partition coefficient (Wildman–Crippen LogP) is 2.08. The monoisotopic (exact) mass is 266 g/mol. The first-order chi connectivity index (χ1) is 9.65. The number of nitrogens with zero attached hydrogens (tertiary/aromatic N) is 2. The van der Waals surface area contributed by atoms with Crippen LogP contribution in [0.3, 0.4) is 0 Å². The zero-order valence-corrected chi connectivity index (χ0v) is 10.4. The van der Waals surface area contributed by atoms with Crippen molar-refractivity contribution < 1.29 is 9.90 Å². The van der Waals surface area contributed by atoms with E-state index < -0.39 is 5.97 Å². The third-order valence-corrected chi connectivity index (χ3v) is 3.02. The maximum atomic E-state index is 11.9. The van der Waals surface area contributed by atoms with Crippen molar-refractivity contribution in [1.29, 1.82) is 0 Å². The highest BCUT2D eigenvalue weighted by Crippen LogP contribution is 2.15. The summed E-state index contributed by atoms with van der Waals surface area (Å²) < 4.78 is 1.32. The Balaban J connectivity index is 2.22. The molecule has 2 heterocycles. The summed E-state index contributed by atoms with van der Waals surface area (Å²) in [7, 11) is 0. The minimum absolute atomic E-state index is 0.0656. The molecule has 2 aromatic heterocycles. The number of fused-ring (bicyclic) bond motifs is 1. The van der Waals surface area contributed by atoms with E-state index in [0.29, 0.717) is 5.69 Å². The van der Waals surface area contributed by atoms with Gasteiger partial charge in [-0.3, -0.25) is 14.3 Å². The summed E-state index contributed by atoms with van der Waals surface area (Å²) in [5.74, 6) is -1.07. The van der Waals surface area contributed by atoms with E-state index in [2.05, 4.69) is 4.98 Å². The molecule has 0 aliphatic carbocycles. The molecule has 0 aliphatic rings. The number of pyridine rings is 2. The Morgan fingerprint density at radius 2 is 2.00 bits per heavy atom. The second kappa shape index (κ2) is 4.62. The Hall–Kier alpha value is -2.95. The first-order valence-electron chi connectivity index (χ1n) is 5.96. The van der Waals surface area contributed by atoms with Crippen LogP contribution >= 0.6 is 0 Å². The molecule has 1 N–H and O–H groups in total. The van der Waals surface area contributed by atoms with Gasteiger partial charge in [-0.2, -0.15) is 0 Å². The minimum atomic E-state index is -1.07. The summed E-state index contributed by atoms with van der Waals surface area (Å²) in [6, 6.07) is 11.6. The Bertz CT molecular complexity index is 868. The van der Waals surface area contributed by atoms with E-state index in [1.807, 2.05) is 12.1 Å². The number of rotatable bonds is 2. The summed E-state index contributed by atoms with van der Waals surface area (Å²) in [5.41, 5.74) is 1.21. The van der Waals surface area contributed by atoms with Gasteiger partial charge in [-0.1, -0.05) is 6.07 Å². The van der Waals surface area contributed by atoms with Crippen LogP contribution in [0.1, 0.15) is 10.4 Å². The Morgan fingerprint density at radius 3 is 2.80 bits per heavy atom. The van der Waals surface area contributed by atoms with Gasteiger partial charge in [-0.25, -0.2) is 4.79 Å². The molecule has 0 fully saturated rings. The molecule has 5 nitrogen and oxygen atoms in total. The largest absolute Gasteiger partial charge is 0.478 e. The Labute approximate surface area is 113 Å². The SMILES string of the molecule is O=C(O)c1ccc(=O)n(-c2ccc3ncccc3c2)c1. The van der Waals surface area contributed by atoms with E-state index in [1.54, 1.807) is 24.4 Å². The van der Waals surface area contributed by atoms with Crippen molar-refractivity contribution in [1.82, 2.24) is 9.55 Å². The third kappa shape index (κ3) is 2.05. The van der Waals surface area contributed by atoms with E-state index in [1.165, 1.54) is 22.9 Å². The molecule has 0 spiro atoms. The fraction of sp³-hybridized carbons (Fsp3) is 0. The van der Waals surface area contributed by atoms with Gasteiger partial charge in [0.05, 0.1) is 11.1 Å². The highest BCUT2D eigenvalue weighted by atomic mass is 16.4. The van der Waals surface area contributed by atoms with Gasteiger partial charge in [0.25, 0.3) is 5.56 Å². The summed E-state index contributed by atoms with van der Waals surface area (Å²) in [4.78, 5) is 27.1. The van der Waals surface area contributed by atoms with Crippen molar-refractivity contribution in [3.05, 3.63) is 70.8 Å². The molecule has 0 saturated heterocycles. The molecule has 5 heteroatoms. The van der Waals surface area contributed by atoms with Gasteiger partial charge >= 0.3 is 5.97 Å². The molecule has 98 valence electrons. The number of carboxylic acids is 1. The van der Waals surface area contributed by atoms with Crippen LogP contribution in [0.4, 0.5) is 0 Å². The molecule has 0 aliphatic heterocycles. The molecule has 3 rings (SSSR count). The van der Waals surface area contributed by atoms with Gasteiger partial charge < -0.3 is 5.11 Å². The van der Waals surface area contributed by atoms with Crippen molar-refractivity contribution in [3.63, 3.8) is 0 Å². The van der Waals surface area contributed by atoms with Crippen LogP contribution in [-0.2, 0) is 0 Å². The molecule has 0 atom stereocenters. The topological polar surface area (TPSA) is 72.2 Å². The van der Waals surface area contributed by atoms with Crippen molar-refractivity contribution in [2.24, 2.45) is 0 Å². The van der Waals surface area contributed by atoms with Gasteiger partial charge in [0, 0.05) is 29.5 Å². The molecule has 3 aromatic rings. The highest BCUT2D eigenvalue weighted by Gasteiger charge is 2.07. The number of carbonyl (C=O) groups is 1. The minimum Gasteiger partial charge on any atom is -0.478 e. The lowest BCUT2D eigenvalue weighted by Gasteiger charge is -2.07. The van der Waals surface area contributed by atoms with Crippen LogP contribution < -0.4 is 5.56 Å². The van der Waals surface area contributed by atoms with Crippen LogP contribution in [0.2, 0.25) is 0 Å². The van der Waals surface area contributed by atoms with Crippen molar-refractivity contribution in [2.75, 3.05) is 0 Å². The summed E-state index contributed by atoms with van der Waals surface area (Å²) in [6.45, 7) is 0. The van der Waals surface area contributed by atoms with E-state index in [-0.39, 0.29) is 11.1 Å². The van der Waals surface area contributed by atoms with Gasteiger partial charge in [-0.05, 0) is 30.3 Å².